The van der Waals surface area contributed by atoms with E-state index in [4.69, 9.17) is 4.52 Å². The molecular weight excluding hydrogens is 240 g/mol. The monoisotopic (exact) mass is 266 g/mol. The van der Waals surface area contributed by atoms with Gasteiger partial charge < -0.3 is 9.84 Å². The molecule has 5 nitrogen and oxygen atoms in total. The van der Waals surface area contributed by atoms with Crippen LogP contribution in [0.25, 0.3) is 0 Å². The lowest BCUT2D eigenvalue weighted by molar-refractivity contribution is 0.142. The van der Waals surface area contributed by atoms with Crippen molar-refractivity contribution in [3.05, 3.63) is 11.7 Å². The number of aromatic nitrogens is 2. The molecular formula is C14H26N4O. The van der Waals surface area contributed by atoms with Crippen molar-refractivity contribution >= 4 is 0 Å². The van der Waals surface area contributed by atoms with Crippen molar-refractivity contribution in [2.75, 3.05) is 20.1 Å². The second-order valence-electron chi connectivity index (χ2n) is 6.85. The number of nitrogens with zero attached hydrogens (tertiary/aromatic N) is 3. The van der Waals surface area contributed by atoms with Crippen LogP contribution in [-0.4, -0.2) is 40.7 Å². The van der Waals surface area contributed by atoms with Crippen LogP contribution in [0.2, 0.25) is 0 Å². The van der Waals surface area contributed by atoms with Gasteiger partial charge in [0.15, 0.2) is 5.82 Å². The fourth-order valence-corrected chi connectivity index (χ4v) is 2.28. The first kappa shape index (κ1) is 14.5. The van der Waals surface area contributed by atoms with Crippen LogP contribution in [0, 0.1) is 0 Å². The summed E-state index contributed by atoms with van der Waals surface area (Å²) < 4.78 is 5.33. The third kappa shape index (κ3) is 3.54. The molecule has 1 N–H and O–H groups in total. The normalized spacial score (nSPS) is 20.7. The van der Waals surface area contributed by atoms with Crippen LogP contribution in [0.1, 0.15) is 52.3 Å². The highest BCUT2D eigenvalue weighted by molar-refractivity contribution is 4.99. The van der Waals surface area contributed by atoms with Crippen LogP contribution in [-0.2, 0) is 12.0 Å². The molecule has 1 aliphatic heterocycles. The van der Waals surface area contributed by atoms with Crippen LogP contribution in [0.15, 0.2) is 4.52 Å². The van der Waals surface area contributed by atoms with Gasteiger partial charge in [0.2, 0.25) is 5.89 Å². The fraction of sp³-hybridized carbons (Fsp3) is 0.857. The van der Waals surface area contributed by atoms with Gasteiger partial charge in [-0.3, -0.25) is 4.90 Å². The van der Waals surface area contributed by atoms with Crippen molar-refractivity contribution in [2.45, 2.75) is 58.0 Å². The highest BCUT2D eigenvalue weighted by Crippen LogP contribution is 2.23. The van der Waals surface area contributed by atoms with E-state index in [2.05, 4.69) is 48.1 Å². The Morgan fingerprint density at radius 2 is 1.95 bits per heavy atom. The predicted molar refractivity (Wildman–Crippen MR) is 75.0 cm³/mol. The molecule has 19 heavy (non-hydrogen) atoms. The van der Waals surface area contributed by atoms with Gasteiger partial charge in [-0.25, -0.2) is 0 Å². The van der Waals surface area contributed by atoms with Gasteiger partial charge >= 0.3 is 0 Å². The standard InChI is InChI=1S/C14H26N4O/c1-13(2,3)12-16-11(17-19-12)10-18-8-6-14(4,15-5)7-9-18/h15H,6-10H2,1-5H3. The van der Waals surface area contributed by atoms with Crippen LogP contribution in [0.3, 0.4) is 0 Å². The van der Waals surface area contributed by atoms with Gasteiger partial charge in [0.25, 0.3) is 0 Å². The minimum absolute atomic E-state index is 0.0716. The maximum Gasteiger partial charge on any atom is 0.232 e. The summed E-state index contributed by atoms with van der Waals surface area (Å²) in [5.41, 5.74) is 0.210. The summed E-state index contributed by atoms with van der Waals surface area (Å²) in [7, 11) is 2.05. The fourth-order valence-electron chi connectivity index (χ4n) is 2.28. The maximum atomic E-state index is 5.33. The summed E-state index contributed by atoms with van der Waals surface area (Å²) in [5.74, 6) is 1.53. The average molecular weight is 266 g/mol. The number of rotatable bonds is 3. The van der Waals surface area contributed by atoms with Crippen LogP contribution < -0.4 is 5.32 Å². The molecule has 0 unspecified atom stereocenters. The van der Waals surface area contributed by atoms with Gasteiger partial charge in [0.05, 0.1) is 6.54 Å². The van der Waals surface area contributed by atoms with Crippen LogP contribution in [0.5, 0.6) is 0 Å². The summed E-state index contributed by atoms with van der Waals surface area (Å²) in [5, 5.41) is 7.50. The molecule has 108 valence electrons. The average Bonchev–Trinajstić information content (AvgIpc) is 2.81. The third-order valence-corrected chi connectivity index (χ3v) is 4.04. The Labute approximate surface area is 115 Å². The SMILES string of the molecule is CNC1(C)CCN(Cc2noc(C(C)(C)C)n2)CC1. The maximum absolute atomic E-state index is 5.33. The molecule has 0 saturated carbocycles. The lowest BCUT2D eigenvalue weighted by Gasteiger charge is -2.38. The summed E-state index contributed by atoms with van der Waals surface area (Å²) in [6, 6.07) is 0. The highest BCUT2D eigenvalue weighted by atomic mass is 16.5. The van der Waals surface area contributed by atoms with E-state index in [0.29, 0.717) is 0 Å². The largest absolute Gasteiger partial charge is 0.339 e. The molecule has 5 heteroatoms. The summed E-state index contributed by atoms with van der Waals surface area (Å²) in [6.07, 6.45) is 2.32. The van der Waals surface area contributed by atoms with Crippen molar-refractivity contribution in [2.24, 2.45) is 0 Å². The quantitative estimate of drug-likeness (QED) is 0.906. The van der Waals surface area contributed by atoms with E-state index >= 15 is 0 Å². The van der Waals surface area contributed by atoms with E-state index in [0.717, 1.165) is 44.2 Å². The van der Waals surface area contributed by atoms with Crippen molar-refractivity contribution in [1.82, 2.24) is 20.4 Å². The topological polar surface area (TPSA) is 54.2 Å². The van der Waals surface area contributed by atoms with Gasteiger partial charge in [-0.1, -0.05) is 25.9 Å². The molecule has 1 fully saturated rings. The van der Waals surface area contributed by atoms with Crippen molar-refractivity contribution in [3.63, 3.8) is 0 Å². The number of likely N-dealkylation sites (tertiary alicyclic amines) is 1. The van der Waals surface area contributed by atoms with Gasteiger partial charge in [0.1, 0.15) is 0 Å². The lowest BCUT2D eigenvalue weighted by atomic mass is 9.90. The first-order valence-electron chi connectivity index (χ1n) is 7.07. The van der Waals surface area contributed by atoms with E-state index in [1.54, 1.807) is 0 Å². The Bertz CT molecular complexity index is 413. The van der Waals surface area contributed by atoms with Crippen molar-refractivity contribution in [3.8, 4) is 0 Å². The van der Waals surface area contributed by atoms with E-state index in [1.165, 1.54) is 0 Å². The summed E-state index contributed by atoms with van der Waals surface area (Å²) >= 11 is 0. The molecule has 0 bridgehead atoms. The molecule has 1 aliphatic rings. The molecule has 0 amide bonds. The summed E-state index contributed by atoms with van der Waals surface area (Å²) in [6.45, 7) is 11.5. The Balaban J connectivity index is 1.91. The zero-order chi connectivity index (χ0) is 14.1. The molecule has 1 aromatic rings. The van der Waals surface area contributed by atoms with E-state index in [-0.39, 0.29) is 11.0 Å². The third-order valence-electron chi connectivity index (χ3n) is 4.04. The molecule has 0 aliphatic carbocycles. The molecule has 1 aromatic heterocycles. The van der Waals surface area contributed by atoms with Gasteiger partial charge in [-0.05, 0) is 26.8 Å². The highest BCUT2D eigenvalue weighted by Gasteiger charge is 2.29. The molecule has 0 atom stereocenters. The smallest absolute Gasteiger partial charge is 0.232 e. The first-order valence-corrected chi connectivity index (χ1v) is 7.07. The lowest BCUT2D eigenvalue weighted by Crippen LogP contribution is -2.49. The first-order chi connectivity index (χ1) is 8.82. The molecule has 0 radical (unpaired) electrons. The minimum atomic E-state index is -0.0716. The summed E-state index contributed by atoms with van der Waals surface area (Å²) in [4.78, 5) is 6.90. The number of hydrogen-bond acceptors (Lipinski definition) is 5. The molecule has 2 rings (SSSR count). The Kier molecular flexibility index (Phi) is 3.97. The molecule has 1 saturated heterocycles. The Morgan fingerprint density at radius 1 is 1.32 bits per heavy atom. The second-order valence-corrected chi connectivity index (χ2v) is 6.85. The van der Waals surface area contributed by atoms with Crippen molar-refractivity contribution < 1.29 is 4.52 Å². The second kappa shape index (κ2) is 5.21. The molecule has 2 heterocycles. The Hall–Kier alpha value is -0.940. The van der Waals surface area contributed by atoms with E-state index < -0.39 is 0 Å². The van der Waals surface area contributed by atoms with Crippen LogP contribution in [0.4, 0.5) is 0 Å². The van der Waals surface area contributed by atoms with Gasteiger partial charge in [-0.2, -0.15) is 4.98 Å². The van der Waals surface area contributed by atoms with Crippen LogP contribution >= 0.6 is 0 Å². The zero-order valence-electron chi connectivity index (χ0n) is 12.8. The number of piperidine rings is 1. The minimum Gasteiger partial charge on any atom is -0.339 e. The Morgan fingerprint density at radius 3 is 2.42 bits per heavy atom. The van der Waals surface area contributed by atoms with Gasteiger partial charge in [-0.15, -0.1) is 0 Å². The number of hydrogen-bond donors (Lipinski definition) is 1. The van der Waals surface area contributed by atoms with Gasteiger partial charge in [0, 0.05) is 24.0 Å². The zero-order valence-corrected chi connectivity index (χ0v) is 12.8. The van der Waals surface area contributed by atoms with E-state index in [9.17, 15) is 0 Å². The molecule has 0 aromatic carbocycles. The predicted octanol–water partition coefficient (Wildman–Crippen LogP) is 1.94. The van der Waals surface area contributed by atoms with Crippen molar-refractivity contribution in [1.29, 1.82) is 0 Å². The molecule has 0 spiro atoms. The van der Waals surface area contributed by atoms with E-state index in [1.807, 2.05) is 7.05 Å². The number of nitrogens with one attached hydrogen (secondary N) is 1.